The zero-order valence-corrected chi connectivity index (χ0v) is 12.0. The fraction of sp³-hybridized carbons (Fsp3) is 0.462. The van der Waals surface area contributed by atoms with Gasteiger partial charge in [0, 0.05) is 18.7 Å². The molecule has 0 radical (unpaired) electrons. The van der Waals surface area contributed by atoms with Gasteiger partial charge in [-0.2, -0.15) is 13.2 Å². The first-order chi connectivity index (χ1) is 9.60. The molecule has 0 aliphatic carbocycles. The molecule has 0 unspecified atom stereocenters. The Balaban J connectivity index is 2.20. The maximum Gasteiger partial charge on any atom is 0.416 e. The summed E-state index contributed by atoms with van der Waals surface area (Å²) in [5.41, 5.74) is -1.00. The van der Waals surface area contributed by atoms with Crippen molar-refractivity contribution in [1.82, 2.24) is 4.90 Å². The van der Waals surface area contributed by atoms with Crippen molar-refractivity contribution in [2.75, 3.05) is 18.6 Å². The second kappa shape index (κ2) is 5.32. The predicted molar refractivity (Wildman–Crippen MR) is 70.6 cm³/mol. The lowest BCUT2D eigenvalue weighted by Gasteiger charge is -2.23. The molecule has 1 fully saturated rings. The van der Waals surface area contributed by atoms with E-state index in [1.807, 2.05) is 0 Å². The number of amides is 1. The van der Waals surface area contributed by atoms with Gasteiger partial charge in [-0.3, -0.25) is 4.79 Å². The maximum atomic E-state index is 12.6. The van der Waals surface area contributed by atoms with E-state index in [0.717, 1.165) is 18.2 Å². The van der Waals surface area contributed by atoms with Crippen LogP contribution in [0.3, 0.4) is 0 Å². The van der Waals surface area contributed by atoms with Gasteiger partial charge in [0.05, 0.1) is 17.1 Å². The van der Waals surface area contributed by atoms with Crippen molar-refractivity contribution < 1.29 is 26.4 Å². The first-order valence-electron chi connectivity index (χ1n) is 6.25. The van der Waals surface area contributed by atoms with Gasteiger partial charge in [-0.1, -0.05) is 6.07 Å². The molecule has 0 spiro atoms. The van der Waals surface area contributed by atoms with E-state index in [4.69, 9.17) is 0 Å². The fourth-order valence-corrected chi connectivity index (χ4v) is 4.05. The molecule has 1 aromatic rings. The topological polar surface area (TPSA) is 54.5 Å². The van der Waals surface area contributed by atoms with Gasteiger partial charge in [-0.15, -0.1) is 0 Å². The van der Waals surface area contributed by atoms with Crippen LogP contribution < -0.4 is 0 Å². The van der Waals surface area contributed by atoms with Crippen molar-refractivity contribution in [2.45, 2.75) is 18.6 Å². The van der Waals surface area contributed by atoms with Crippen molar-refractivity contribution in [2.24, 2.45) is 0 Å². The summed E-state index contributed by atoms with van der Waals surface area (Å²) in [6.45, 7) is 0. The minimum Gasteiger partial charge on any atom is -0.338 e. The molecule has 1 heterocycles. The minimum absolute atomic E-state index is 0.00211. The highest BCUT2D eigenvalue weighted by Gasteiger charge is 2.34. The van der Waals surface area contributed by atoms with Crippen LogP contribution in [0.25, 0.3) is 0 Å². The molecular formula is C13H14F3NO3S. The van der Waals surface area contributed by atoms with Crippen LogP contribution in [0.4, 0.5) is 13.2 Å². The molecule has 1 atom stereocenters. The molecular weight excluding hydrogens is 307 g/mol. The third-order valence-electron chi connectivity index (χ3n) is 3.51. The van der Waals surface area contributed by atoms with Crippen LogP contribution in [0.15, 0.2) is 24.3 Å². The minimum atomic E-state index is -4.52. The second-order valence-corrected chi connectivity index (χ2v) is 7.28. The lowest BCUT2D eigenvalue weighted by molar-refractivity contribution is -0.137. The highest BCUT2D eigenvalue weighted by molar-refractivity contribution is 7.91. The quantitative estimate of drug-likeness (QED) is 0.837. The number of rotatable bonds is 2. The van der Waals surface area contributed by atoms with Gasteiger partial charge in [0.25, 0.3) is 5.91 Å². The number of benzene rings is 1. The monoisotopic (exact) mass is 321 g/mol. The summed E-state index contributed by atoms with van der Waals surface area (Å²) in [6, 6.07) is 3.63. The molecule has 1 aliphatic rings. The molecule has 1 aromatic carbocycles. The first-order valence-corrected chi connectivity index (χ1v) is 8.07. The van der Waals surface area contributed by atoms with Crippen LogP contribution in [0, 0.1) is 0 Å². The van der Waals surface area contributed by atoms with Crippen LogP contribution in [0.2, 0.25) is 0 Å². The Labute approximate surface area is 120 Å². The molecule has 0 aromatic heterocycles. The zero-order chi connectivity index (χ0) is 15.8. The molecule has 0 bridgehead atoms. The van der Waals surface area contributed by atoms with Gasteiger partial charge in [-0.05, 0) is 24.6 Å². The highest BCUT2D eigenvalue weighted by atomic mass is 32.2. The summed E-state index contributed by atoms with van der Waals surface area (Å²) in [4.78, 5) is 13.4. The van der Waals surface area contributed by atoms with Crippen molar-refractivity contribution >= 4 is 15.7 Å². The van der Waals surface area contributed by atoms with Gasteiger partial charge in [-0.25, -0.2) is 8.42 Å². The largest absolute Gasteiger partial charge is 0.416 e. The Hall–Kier alpha value is -1.57. The number of nitrogens with zero attached hydrogens (tertiary/aromatic N) is 1. The molecule has 0 saturated carbocycles. The summed E-state index contributed by atoms with van der Waals surface area (Å²) in [7, 11) is -1.75. The van der Waals surface area contributed by atoms with Crippen molar-refractivity contribution in [3.05, 3.63) is 35.4 Å². The molecule has 116 valence electrons. The smallest absolute Gasteiger partial charge is 0.338 e. The number of sulfone groups is 1. The van der Waals surface area contributed by atoms with Crippen molar-refractivity contribution in [3.8, 4) is 0 Å². The first kappa shape index (κ1) is 15.8. The summed E-state index contributed by atoms with van der Waals surface area (Å²) < 4.78 is 60.7. The van der Waals surface area contributed by atoms with E-state index in [1.54, 1.807) is 0 Å². The van der Waals surface area contributed by atoms with E-state index in [-0.39, 0.29) is 17.1 Å². The van der Waals surface area contributed by atoms with E-state index in [1.165, 1.54) is 18.0 Å². The Morgan fingerprint density at radius 2 is 2.00 bits per heavy atom. The van der Waals surface area contributed by atoms with Gasteiger partial charge >= 0.3 is 6.18 Å². The summed E-state index contributed by atoms with van der Waals surface area (Å²) in [6.07, 6.45) is -4.21. The third-order valence-corrected chi connectivity index (χ3v) is 5.26. The molecule has 0 N–H and O–H groups in total. The average molecular weight is 321 g/mol. The molecule has 1 saturated heterocycles. The van der Waals surface area contributed by atoms with E-state index in [9.17, 15) is 26.4 Å². The number of alkyl halides is 3. The van der Waals surface area contributed by atoms with Crippen LogP contribution in [-0.4, -0.2) is 43.8 Å². The van der Waals surface area contributed by atoms with Crippen molar-refractivity contribution in [1.29, 1.82) is 0 Å². The van der Waals surface area contributed by atoms with E-state index in [0.29, 0.717) is 6.42 Å². The number of carbonyl (C=O) groups excluding carboxylic acids is 1. The van der Waals surface area contributed by atoms with E-state index < -0.39 is 33.5 Å². The maximum absolute atomic E-state index is 12.6. The van der Waals surface area contributed by atoms with Gasteiger partial charge < -0.3 is 4.90 Å². The summed E-state index contributed by atoms with van der Waals surface area (Å²) in [5, 5.41) is 0. The number of carbonyl (C=O) groups is 1. The molecule has 8 heteroatoms. The standard InChI is InChI=1S/C13H14F3NO3S/c1-17(11-5-6-21(19,20)8-11)12(18)9-3-2-4-10(7-9)13(14,15)16/h2-4,7,11H,5-6,8H2,1H3/t11-/m0/s1. The summed E-state index contributed by atoms with van der Waals surface area (Å²) in [5.74, 6) is -0.755. The lowest BCUT2D eigenvalue weighted by Crippen LogP contribution is -2.37. The van der Waals surface area contributed by atoms with Crippen LogP contribution >= 0.6 is 0 Å². The van der Waals surface area contributed by atoms with E-state index in [2.05, 4.69) is 0 Å². The molecule has 1 aliphatic heterocycles. The predicted octanol–water partition coefficient (Wildman–Crippen LogP) is 1.96. The van der Waals surface area contributed by atoms with Gasteiger partial charge in [0.1, 0.15) is 0 Å². The molecule has 1 amide bonds. The number of hydrogen-bond acceptors (Lipinski definition) is 3. The Bertz CT molecular complexity index is 655. The SMILES string of the molecule is CN(C(=O)c1cccc(C(F)(F)F)c1)[C@H]1CCS(=O)(=O)C1. The number of hydrogen-bond donors (Lipinski definition) is 0. The average Bonchev–Trinajstić information content (AvgIpc) is 2.76. The molecule has 2 rings (SSSR count). The fourth-order valence-electron chi connectivity index (χ4n) is 2.28. The Morgan fingerprint density at radius 1 is 1.33 bits per heavy atom. The Kier molecular flexibility index (Phi) is 4.01. The van der Waals surface area contributed by atoms with Crippen LogP contribution in [-0.2, 0) is 16.0 Å². The normalized spacial score (nSPS) is 21.2. The number of halogens is 3. The van der Waals surface area contributed by atoms with Crippen LogP contribution in [0.1, 0.15) is 22.3 Å². The van der Waals surface area contributed by atoms with Gasteiger partial charge in [0.15, 0.2) is 9.84 Å². The highest BCUT2D eigenvalue weighted by Crippen LogP contribution is 2.30. The third kappa shape index (κ3) is 3.55. The Morgan fingerprint density at radius 3 is 2.52 bits per heavy atom. The zero-order valence-electron chi connectivity index (χ0n) is 11.2. The molecule has 21 heavy (non-hydrogen) atoms. The van der Waals surface area contributed by atoms with Crippen molar-refractivity contribution in [3.63, 3.8) is 0 Å². The van der Waals surface area contributed by atoms with Crippen LogP contribution in [0.5, 0.6) is 0 Å². The molecule has 4 nitrogen and oxygen atoms in total. The second-order valence-electron chi connectivity index (χ2n) is 5.05. The lowest BCUT2D eigenvalue weighted by atomic mass is 10.1. The van der Waals surface area contributed by atoms with E-state index >= 15 is 0 Å². The summed E-state index contributed by atoms with van der Waals surface area (Å²) >= 11 is 0. The van der Waals surface area contributed by atoms with Gasteiger partial charge in [0.2, 0.25) is 0 Å².